The van der Waals surface area contributed by atoms with Gasteiger partial charge in [-0.1, -0.05) is 15.9 Å². The molecule has 0 fully saturated rings. The Kier molecular flexibility index (Phi) is 7.17. The van der Waals surface area contributed by atoms with Crippen LogP contribution in [0.25, 0.3) is 0 Å². The molecule has 4 heteroatoms. The second-order valence-electron chi connectivity index (χ2n) is 2.38. The second kappa shape index (κ2) is 6.98. The van der Waals surface area contributed by atoms with Crippen molar-refractivity contribution < 1.29 is 4.79 Å². The van der Waals surface area contributed by atoms with E-state index >= 15 is 0 Å². The molecular weight excluding hydrogens is 226 g/mol. The molecule has 0 rings (SSSR count). The average Bonchev–Trinajstić information content (AvgIpc) is 2.00. The van der Waals surface area contributed by atoms with Crippen molar-refractivity contribution in [3.63, 3.8) is 0 Å². The molecule has 0 spiro atoms. The summed E-state index contributed by atoms with van der Waals surface area (Å²) in [6.45, 7) is 2.02. The minimum Gasteiger partial charge on any atom is -0.353 e. The monoisotopic (exact) mass is 239 g/mol. The van der Waals surface area contributed by atoms with Crippen molar-refractivity contribution in [1.82, 2.24) is 5.32 Å². The highest BCUT2D eigenvalue weighted by molar-refractivity contribution is 9.09. The van der Waals surface area contributed by atoms with Crippen LogP contribution in [0.1, 0.15) is 13.3 Å². The maximum absolute atomic E-state index is 10.8. The van der Waals surface area contributed by atoms with Crippen LogP contribution in [0, 0.1) is 0 Å². The van der Waals surface area contributed by atoms with Crippen LogP contribution >= 0.6 is 27.7 Å². The van der Waals surface area contributed by atoms with Gasteiger partial charge in [-0.25, -0.2) is 0 Å². The van der Waals surface area contributed by atoms with Gasteiger partial charge in [0.05, 0.1) is 5.33 Å². The first-order valence-corrected chi connectivity index (χ1v) is 6.06. The smallest absolute Gasteiger partial charge is 0.230 e. The van der Waals surface area contributed by atoms with Crippen molar-refractivity contribution in [2.24, 2.45) is 0 Å². The van der Waals surface area contributed by atoms with E-state index in [4.69, 9.17) is 0 Å². The molecule has 0 radical (unpaired) electrons. The Morgan fingerprint density at radius 1 is 1.73 bits per heavy atom. The summed E-state index contributed by atoms with van der Waals surface area (Å²) in [5.74, 6) is 1.17. The first-order chi connectivity index (χ1) is 5.20. The molecular formula is C7H14BrNOS. The van der Waals surface area contributed by atoms with Gasteiger partial charge in [0.2, 0.25) is 5.91 Å². The Balaban J connectivity index is 3.35. The molecule has 66 valence electrons. The number of nitrogens with one attached hydrogen (secondary N) is 1. The van der Waals surface area contributed by atoms with E-state index in [0.717, 1.165) is 12.2 Å². The molecule has 0 aromatic rings. The molecule has 1 unspecified atom stereocenters. The number of hydrogen-bond donors (Lipinski definition) is 1. The maximum atomic E-state index is 10.8. The van der Waals surface area contributed by atoms with Crippen molar-refractivity contribution in [1.29, 1.82) is 0 Å². The summed E-state index contributed by atoms with van der Waals surface area (Å²) >= 11 is 4.90. The van der Waals surface area contributed by atoms with Crippen LogP contribution in [-0.2, 0) is 4.79 Å². The summed E-state index contributed by atoms with van der Waals surface area (Å²) in [5, 5.41) is 3.26. The third-order valence-corrected chi connectivity index (χ3v) is 2.44. The largest absolute Gasteiger partial charge is 0.353 e. The van der Waals surface area contributed by atoms with Crippen LogP contribution in [0.4, 0.5) is 0 Å². The van der Waals surface area contributed by atoms with Crippen LogP contribution in [0.15, 0.2) is 0 Å². The summed E-state index contributed by atoms with van der Waals surface area (Å²) in [6, 6.07) is 0.299. The number of amides is 1. The van der Waals surface area contributed by atoms with E-state index in [9.17, 15) is 4.79 Å². The molecule has 0 saturated carbocycles. The van der Waals surface area contributed by atoms with Crippen molar-refractivity contribution in [3.05, 3.63) is 0 Å². The summed E-state index contributed by atoms with van der Waals surface area (Å²) in [7, 11) is 0. The summed E-state index contributed by atoms with van der Waals surface area (Å²) < 4.78 is 0. The Morgan fingerprint density at radius 3 is 2.82 bits per heavy atom. The zero-order valence-electron chi connectivity index (χ0n) is 6.89. The highest BCUT2D eigenvalue weighted by Crippen LogP contribution is 1.99. The number of carbonyl (C=O) groups is 1. The first-order valence-electron chi connectivity index (χ1n) is 3.55. The summed E-state index contributed by atoms with van der Waals surface area (Å²) in [6.07, 6.45) is 3.11. The lowest BCUT2D eigenvalue weighted by molar-refractivity contribution is -0.119. The molecule has 0 aromatic carbocycles. The van der Waals surface area contributed by atoms with E-state index in [1.165, 1.54) is 0 Å². The lowest BCUT2D eigenvalue weighted by atomic mass is 10.2. The van der Waals surface area contributed by atoms with E-state index in [1.54, 1.807) is 11.8 Å². The van der Waals surface area contributed by atoms with Crippen molar-refractivity contribution in [2.45, 2.75) is 19.4 Å². The van der Waals surface area contributed by atoms with Gasteiger partial charge in [-0.3, -0.25) is 4.79 Å². The molecule has 0 aromatic heterocycles. The van der Waals surface area contributed by atoms with Crippen molar-refractivity contribution in [3.8, 4) is 0 Å². The lowest BCUT2D eigenvalue weighted by Crippen LogP contribution is -2.33. The lowest BCUT2D eigenvalue weighted by Gasteiger charge is -2.11. The molecule has 0 bridgehead atoms. The Bertz CT molecular complexity index is 121. The third kappa shape index (κ3) is 6.69. The van der Waals surface area contributed by atoms with E-state index in [0.29, 0.717) is 11.4 Å². The van der Waals surface area contributed by atoms with Gasteiger partial charge in [-0.2, -0.15) is 11.8 Å². The second-order valence-corrected chi connectivity index (χ2v) is 3.93. The molecule has 11 heavy (non-hydrogen) atoms. The molecule has 1 atom stereocenters. The van der Waals surface area contributed by atoms with Gasteiger partial charge < -0.3 is 5.32 Å². The predicted octanol–water partition coefficient (Wildman–Crippen LogP) is 1.64. The van der Waals surface area contributed by atoms with Gasteiger partial charge in [0.1, 0.15) is 0 Å². The van der Waals surface area contributed by atoms with Crippen LogP contribution in [-0.4, -0.2) is 29.3 Å². The van der Waals surface area contributed by atoms with Gasteiger partial charge in [0.25, 0.3) is 0 Å². The number of hydrogen-bond acceptors (Lipinski definition) is 2. The van der Waals surface area contributed by atoms with Crippen LogP contribution in [0.2, 0.25) is 0 Å². The van der Waals surface area contributed by atoms with E-state index in [1.807, 2.05) is 6.92 Å². The molecule has 2 nitrogen and oxygen atoms in total. The van der Waals surface area contributed by atoms with Gasteiger partial charge >= 0.3 is 0 Å². The quantitative estimate of drug-likeness (QED) is 0.740. The Labute approximate surface area is 80.6 Å². The SMILES string of the molecule is CSCCC(C)NC(=O)CBr. The maximum Gasteiger partial charge on any atom is 0.230 e. The van der Waals surface area contributed by atoms with E-state index in [2.05, 4.69) is 27.5 Å². The highest BCUT2D eigenvalue weighted by Gasteiger charge is 2.03. The number of rotatable bonds is 5. The van der Waals surface area contributed by atoms with Crippen LogP contribution in [0.5, 0.6) is 0 Å². The number of halogens is 1. The fourth-order valence-corrected chi connectivity index (χ4v) is 1.43. The average molecular weight is 240 g/mol. The van der Waals surface area contributed by atoms with E-state index < -0.39 is 0 Å². The van der Waals surface area contributed by atoms with Crippen LogP contribution < -0.4 is 5.32 Å². The topological polar surface area (TPSA) is 29.1 Å². The van der Waals surface area contributed by atoms with Crippen molar-refractivity contribution in [2.75, 3.05) is 17.3 Å². The standard InChI is InChI=1S/C7H14BrNOS/c1-6(3-4-11-2)9-7(10)5-8/h6H,3-5H2,1-2H3,(H,9,10). The highest BCUT2D eigenvalue weighted by atomic mass is 79.9. The molecule has 1 amide bonds. The number of carbonyl (C=O) groups excluding carboxylic acids is 1. The summed E-state index contributed by atoms with van der Waals surface area (Å²) in [4.78, 5) is 10.8. The van der Waals surface area contributed by atoms with E-state index in [-0.39, 0.29) is 5.91 Å². The van der Waals surface area contributed by atoms with Gasteiger partial charge in [-0.15, -0.1) is 0 Å². The predicted molar refractivity (Wildman–Crippen MR) is 54.4 cm³/mol. The number of thioether (sulfide) groups is 1. The van der Waals surface area contributed by atoms with Gasteiger partial charge in [0.15, 0.2) is 0 Å². The van der Waals surface area contributed by atoms with Gasteiger partial charge in [-0.05, 0) is 25.4 Å². The summed E-state index contributed by atoms with van der Waals surface area (Å²) in [5.41, 5.74) is 0. The minimum absolute atomic E-state index is 0.0682. The normalized spacial score (nSPS) is 12.6. The Hall–Kier alpha value is 0.300. The fraction of sp³-hybridized carbons (Fsp3) is 0.857. The number of alkyl halides is 1. The third-order valence-electron chi connectivity index (χ3n) is 1.28. The fourth-order valence-electron chi connectivity index (χ4n) is 0.680. The molecule has 0 heterocycles. The van der Waals surface area contributed by atoms with Crippen molar-refractivity contribution >= 4 is 33.6 Å². The molecule has 0 aliphatic rings. The minimum atomic E-state index is 0.0682. The molecule has 0 aliphatic carbocycles. The van der Waals surface area contributed by atoms with Gasteiger partial charge in [0, 0.05) is 6.04 Å². The molecule has 0 aliphatic heterocycles. The molecule has 0 saturated heterocycles. The zero-order chi connectivity index (χ0) is 8.69. The first kappa shape index (κ1) is 11.3. The zero-order valence-corrected chi connectivity index (χ0v) is 9.30. The molecule has 1 N–H and O–H groups in total. The Morgan fingerprint density at radius 2 is 2.36 bits per heavy atom. The van der Waals surface area contributed by atoms with Crippen LogP contribution in [0.3, 0.4) is 0 Å².